The van der Waals surface area contributed by atoms with E-state index in [9.17, 15) is 22.4 Å². The summed E-state index contributed by atoms with van der Waals surface area (Å²) in [7, 11) is -3.70. The van der Waals surface area contributed by atoms with Gasteiger partial charge in [-0.25, -0.2) is 12.8 Å². The Labute approximate surface area is 183 Å². The summed E-state index contributed by atoms with van der Waals surface area (Å²) in [5, 5.41) is 2.69. The number of nitrogens with zero attached hydrogens (tertiary/aromatic N) is 2. The number of halogens is 2. The number of hydrogen-bond acceptors (Lipinski definition) is 4. The highest BCUT2D eigenvalue weighted by Gasteiger charge is 2.29. The third-order valence-electron chi connectivity index (χ3n) is 4.89. The van der Waals surface area contributed by atoms with E-state index in [-0.39, 0.29) is 30.4 Å². The molecule has 2 amide bonds. The van der Waals surface area contributed by atoms with Crippen molar-refractivity contribution in [2.24, 2.45) is 0 Å². The van der Waals surface area contributed by atoms with E-state index in [1.165, 1.54) is 47.6 Å². The third kappa shape index (κ3) is 5.05. The van der Waals surface area contributed by atoms with Gasteiger partial charge in [-0.15, -0.1) is 0 Å². The van der Waals surface area contributed by atoms with Crippen LogP contribution in [0.25, 0.3) is 0 Å². The van der Waals surface area contributed by atoms with Crippen molar-refractivity contribution in [1.82, 2.24) is 14.5 Å². The fraction of sp³-hybridized carbons (Fsp3) is 0.300. The summed E-state index contributed by atoms with van der Waals surface area (Å²) in [6, 6.07) is 9.86. The normalized spacial score (nSPS) is 15.1. The van der Waals surface area contributed by atoms with Crippen LogP contribution in [0, 0.1) is 5.82 Å². The van der Waals surface area contributed by atoms with Crippen LogP contribution in [0.1, 0.15) is 22.8 Å². The van der Waals surface area contributed by atoms with Gasteiger partial charge in [0.25, 0.3) is 5.91 Å². The Balaban J connectivity index is 1.64. The molecule has 0 saturated carbocycles. The molecule has 2 aromatic rings. The van der Waals surface area contributed by atoms with Crippen molar-refractivity contribution >= 4 is 37.8 Å². The molecular weight excluding hydrogens is 477 g/mol. The minimum absolute atomic E-state index is 0.0762. The minimum Gasteiger partial charge on any atom is -0.348 e. The predicted molar refractivity (Wildman–Crippen MR) is 113 cm³/mol. The molecular formula is C20H21BrFN3O4S. The first-order valence-electron chi connectivity index (χ1n) is 9.26. The maximum atomic E-state index is 13.4. The van der Waals surface area contributed by atoms with Crippen LogP contribution < -0.4 is 5.32 Å². The lowest BCUT2D eigenvalue weighted by molar-refractivity contribution is -0.129. The Morgan fingerprint density at radius 1 is 1.07 bits per heavy atom. The Bertz CT molecular complexity index is 1050. The lowest BCUT2D eigenvalue weighted by Crippen LogP contribution is -2.49. The SMILES string of the molecule is CC(=O)N1CCN(S(=O)(=O)c2ccc(C(=O)NCc3cc(F)ccc3Br)cc2)CC1. The smallest absolute Gasteiger partial charge is 0.251 e. The number of carbonyl (C=O) groups is 2. The van der Waals surface area contributed by atoms with Crippen molar-refractivity contribution in [3.8, 4) is 0 Å². The zero-order valence-electron chi connectivity index (χ0n) is 16.3. The van der Waals surface area contributed by atoms with E-state index in [2.05, 4.69) is 21.2 Å². The monoisotopic (exact) mass is 497 g/mol. The molecule has 0 unspecified atom stereocenters. The van der Waals surface area contributed by atoms with E-state index >= 15 is 0 Å². The van der Waals surface area contributed by atoms with Crippen molar-refractivity contribution in [3.05, 3.63) is 63.9 Å². The molecule has 2 aromatic carbocycles. The van der Waals surface area contributed by atoms with Crippen LogP contribution in [0.5, 0.6) is 0 Å². The Hall–Kier alpha value is -2.30. The van der Waals surface area contributed by atoms with Crippen LogP contribution in [0.4, 0.5) is 4.39 Å². The summed E-state index contributed by atoms with van der Waals surface area (Å²) in [5.74, 6) is -0.876. The van der Waals surface area contributed by atoms with Gasteiger partial charge < -0.3 is 10.2 Å². The summed E-state index contributed by atoms with van der Waals surface area (Å²) in [5.41, 5.74) is 0.884. The molecule has 0 spiro atoms. The van der Waals surface area contributed by atoms with Gasteiger partial charge in [-0.05, 0) is 48.0 Å². The van der Waals surface area contributed by atoms with Gasteiger partial charge in [0.15, 0.2) is 0 Å². The van der Waals surface area contributed by atoms with E-state index in [0.717, 1.165) is 0 Å². The van der Waals surface area contributed by atoms with E-state index in [1.54, 1.807) is 11.0 Å². The lowest BCUT2D eigenvalue weighted by Gasteiger charge is -2.33. The van der Waals surface area contributed by atoms with Crippen LogP contribution in [0.15, 0.2) is 51.8 Å². The maximum Gasteiger partial charge on any atom is 0.251 e. The summed E-state index contributed by atoms with van der Waals surface area (Å²) >= 11 is 3.31. The largest absolute Gasteiger partial charge is 0.348 e. The van der Waals surface area contributed by atoms with E-state index < -0.39 is 21.7 Å². The molecule has 3 rings (SSSR count). The second-order valence-corrected chi connectivity index (χ2v) is 9.65. The molecule has 1 saturated heterocycles. The molecule has 0 atom stereocenters. The number of piperazine rings is 1. The predicted octanol–water partition coefficient (Wildman–Crippen LogP) is 2.37. The van der Waals surface area contributed by atoms with Crippen LogP contribution in [0.2, 0.25) is 0 Å². The van der Waals surface area contributed by atoms with Gasteiger partial charge in [0, 0.05) is 49.7 Å². The fourth-order valence-corrected chi connectivity index (χ4v) is 4.94. The Morgan fingerprint density at radius 2 is 1.70 bits per heavy atom. The molecule has 0 radical (unpaired) electrons. The number of carbonyl (C=O) groups excluding carboxylic acids is 2. The average molecular weight is 498 g/mol. The van der Waals surface area contributed by atoms with Crippen LogP contribution >= 0.6 is 15.9 Å². The summed E-state index contributed by atoms with van der Waals surface area (Å²) in [4.78, 5) is 25.5. The first kappa shape index (κ1) is 22.4. The number of hydrogen-bond donors (Lipinski definition) is 1. The van der Waals surface area contributed by atoms with Crippen LogP contribution in [-0.2, 0) is 21.4 Å². The Morgan fingerprint density at radius 3 is 2.30 bits per heavy atom. The molecule has 0 aliphatic carbocycles. The van der Waals surface area contributed by atoms with Gasteiger partial charge in [-0.3, -0.25) is 9.59 Å². The van der Waals surface area contributed by atoms with Gasteiger partial charge in [-0.1, -0.05) is 15.9 Å². The van der Waals surface area contributed by atoms with Crippen molar-refractivity contribution < 1.29 is 22.4 Å². The second-order valence-electron chi connectivity index (χ2n) is 6.85. The molecule has 1 N–H and O–H groups in total. The van der Waals surface area contributed by atoms with Crippen molar-refractivity contribution in [1.29, 1.82) is 0 Å². The van der Waals surface area contributed by atoms with Crippen molar-refractivity contribution in [2.45, 2.75) is 18.4 Å². The van der Waals surface area contributed by atoms with Gasteiger partial charge in [-0.2, -0.15) is 4.31 Å². The number of benzene rings is 2. The first-order chi connectivity index (χ1) is 14.2. The molecule has 30 heavy (non-hydrogen) atoms. The highest BCUT2D eigenvalue weighted by molar-refractivity contribution is 9.10. The molecule has 10 heteroatoms. The Kier molecular flexibility index (Phi) is 6.89. The fourth-order valence-electron chi connectivity index (χ4n) is 3.13. The molecule has 0 bridgehead atoms. The molecule has 1 aliphatic heterocycles. The summed E-state index contributed by atoms with van der Waals surface area (Å²) in [6.07, 6.45) is 0. The topological polar surface area (TPSA) is 86.8 Å². The van der Waals surface area contributed by atoms with Gasteiger partial charge in [0.05, 0.1) is 4.90 Å². The van der Waals surface area contributed by atoms with Gasteiger partial charge in [0.1, 0.15) is 5.82 Å². The molecule has 1 heterocycles. The van der Waals surface area contributed by atoms with Gasteiger partial charge >= 0.3 is 0 Å². The molecule has 1 aliphatic rings. The number of rotatable bonds is 5. The standard InChI is InChI=1S/C20H21BrFN3O4S/c1-14(26)24-8-10-25(11-9-24)30(28,29)18-5-2-15(3-6-18)20(27)23-13-16-12-17(22)4-7-19(16)21/h2-7,12H,8-11,13H2,1H3,(H,23,27). The van der Waals surface area contributed by atoms with E-state index in [0.29, 0.717) is 28.7 Å². The highest BCUT2D eigenvalue weighted by atomic mass is 79.9. The number of amides is 2. The summed E-state index contributed by atoms with van der Waals surface area (Å²) < 4.78 is 41.0. The molecule has 0 aromatic heterocycles. The van der Waals surface area contributed by atoms with E-state index in [1.807, 2.05) is 0 Å². The highest BCUT2D eigenvalue weighted by Crippen LogP contribution is 2.20. The maximum absolute atomic E-state index is 13.4. The second kappa shape index (κ2) is 9.23. The molecule has 7 nitrogen and oxygen atoms in total. The minimum atomic E-state index is -3.70. The van der Waals surface area contributed by atoms with E-state index in [4.69, 9.17) is 0 Å². The average Bonchev–Trinajstić information content (AvgIpc) is 2.74. The summed E-state index contributed by atoms with van der Waals surface area (Å²) in [6.45, 7) is 2.74. The quantitative estimate of drug-likeness (QED) is 0.686. The third-order valence-corrected chi connectivity index (χ3v) is 7.57. The first-order valence-corrected chi connectivity index (χ1v) is 11.5. The van der Waals surface area contributed by atoms with Crippen LogP contribution in [0.3, 0.4) is 0 Å². The zero-order chi connectivity index (χ0) is 21.9. The van der Waals surface area contributed by atoms with Gasteiger partial charge in [0.2, 0.25) is 15.9 Å². The molecule has 160 valence electrons. The van der Waals surface area contributed by atoms with Crippen molar-refractivity contribution in [2.75, 3.05) is 26.2 Å². The number of nitrogens with one attached hydrogen (secondary N) is 1. The lowest BCUT2D eigenvalue weighted by atomic mass is 10.2. The van der Waals surface area contributed by atoms with Crippen molar-refractivity contribution in [3.63, 3.8) is 0 Å². The molecule has 1 fully saturated rings. The number of sulfonamides is 1. The van der Waals surface area contributed by atoms with Crippen LogP contribution in [-0.4, -0.2) is 55.6 Å². The zero-order valence-corrected chi connectivity index (χ0v) is 18.7.